The average molecular weight is 537 g/mol. The Morgan fingerprint density at radius 2 is 1.72 bits per heavy atom. The predicted octanol–water partition coefficient (Wildman–Crippen LogP) is 4.59. The van der Waals surface area contributed by atoms with Crippen LogP contribution in [0.3, 0.4) is 0 Å². The number of carbonyl (C=O) groups excluding carboxylic acids is 2. The second-order valence-electron chi connectivity index (χ2n) is 10.4. The van der Waals surface area contributed by atoms with Crippen LogP contribution in [0.1, 0.15) is 74.3 Å². The molecule has 39 heavy (non-hydrogen) atoms. The Hall–Kier alpha value is -3.59. The summed E-state index contributed by atoms with van der Waals surface area (Å²) in [4.78, 5) is 40.2. The van der Waals surface area contributed by atoms with Gasteiger partial charge in [0.2, 0.25) is 5.91 Å². The molecule has 2 unspecified atom stereocenters. The lowest BCUT2D eigenvalue weighted by molar-refractivity contribution is -0.137. The number of aliphatic carboxylic acids is 1. The molecule has 2 aliphatic rings. The Bertz CT molecular complexity index is 1150. The number of unbranched alkanes of at least 4 members (excludes halogenated alkanes) is 3. The molecule has 9 heteroatoms. The Balaban J connectivity index is 1.44. The monoisotopic (exact) mass is 536 g/mol. The molecule has 210 valence electrons. The van der Waals surface area contributed by atoms with E-state index in [1.165, 1.54) is 5.69 Å². The van der Waals surface area contributed by atoms with E-state index in [1.807, 2.05) is 17.0 Å². The number of hydrogen-bond donors (Lipinski definition) is 3. The summed E-state index contributed by atoms with van der Waals surface area (Å²) in [5.74, 6) is -0.937. The maximum atomic E-state index is 12.9. The zero-order valence-corrected chi connectivity index (χ0v) is 22.9. The number of rotatable bonds is 11. The zero-order valence-electron chi connectivity index (χ0n) is 22.9. The number of hydrogen-bond acceptors (Lipinski definition) is 6. The highest BCUT2D eigenvalue weighted by molar-refractivity contribution is 5.97. The molecule has 2 aromatic rings. The Morgan fingerprint density at radius 3 is 2.41 bits per heavy atom. The number of anilines is 3. The van der Waals surface area contributed by atoms with Gasteiger partial charge in [-0.25, -0.2) is 0 Å². The SMILES string of the molecule is CC(=O)N1c2ccc(C(=O)NCCCCCCC(=O)O)cc2C(Nc2ccc(N3CCOCC3)cc2)CC1C. The van der Waals surface area contributed by atoms with E-state index in [9.17, 15) is 14.4 Å². The van der Waals surface area contributed by atoms with Crippen LogP contribution in [-0.4, -0.2) is 61.8 Å². The minimum Gasteiger partial charge on any atom is -0.481 e. The number of fused-ring (bicyclic) bond motifs is 1. The van der Waals surface area contributed by atoms with Crippen LogP contribution < -0.4 is 20.4 Å². The molecule has 2 amide bonds. The van der Waals surface area contributed by atoms with Gasteiger partial charge in [0.1, 0.15) is 0 Å². The zero-order chi connectivity index (χ0) is 27.8. The first-order valence-electron chi connectivity index (χ1n) is 14.0. The van der Waals surface area contributed by atoms with Crippen molar-refractivity contribution >= 4 is 34.8 Å². The van der Waals surface area contributed by atoms with Gasteiger partial charge in [-0.15, -0.1) is 0 Å². The molecule has 1 saturated heterocycles. The summed E-state index contributed by atoms with van der Waals surface area (Å²) in [5.41, 5.74) is 4.49. The van der Waals surface area contributed by atoms with E-state index < -0.39 is 5.97 Å². The fourth-order valence-corrected chi connectivity index (χ4v) is 5.47. The molecule has 0 spiro atoms. The second-order valence-corrected chi connectivity index (χ2v) is 10.4. The van der Waals surface area contributed by atoms with E-state index in [0.29, 0.717) is 18.5 Å². The van der Waals surface area contributed by atoms with Gasteiger partial charge in [-0.2, -0.15) is 0 Å². The lowest BCUT2D eigenvalue weighted by Crippen LogP contribution is -2.43. The molecule has 2 atom stereocenters. The molecule has 0 aromatic heterocycles. The quantitative estimate of drug-likeness (QED) is 0.360. The lowest BCUT2D eigenvalue weighted by Gasteiger charge is -2.39. The van der Waals surface area contributed by atoms with Crippen LogP contribution in [0, 0.1) is 0 Å². The van der Waals surface area contributed by atoms with E-state index in [0.717, 1.165) is 68.9 Å². The maximum Gasteiger partial charge on any atom is 0.303 e. The molecule has 0 saturated carbocycles. The number of ether oxygens (including phenoxy) is 1. The second kappa shape index (κ2) is 13.5. The van der Waals surface area contributed by atoms with Crippen molar-refractivity contribution in [2.45, 2.75) is 64.5 Å². The highest BCUT2D eigenvalue weighted by Crippen LogP contribution is 2.40. The molecule has 1 fully saturated rings. The van der Waals surface area contributed by atoms with Gasteiger partial charge in [-0.1, -0.05) is 12.8 Å². The molecule has 2 heterocycles. The van der Waals surface area contributed by atoms with E-state index >= 15 is 0 Å². The first-order chi connectivity index (χ1) is 18.8. The van der Waals surface area contributed by atoms with Gasteiger partial charge in [0.05, 0.1) is 19.3 Å². The Morgan fingerprint density at radius 1 is 1.00 bits per heavy atom. The van der Waals surface area contributed by atoms with Crippen LogP contribution in [0.15, 0.2) is 42.5 Å². The predicted molar refractivity (Wildman–Crippen MR) is 153 cm³/mol. The van der Waals surface area contributed by atoms with E-state index in [1.54, 1.807) is 13.0 Å². The number of nitrogens with one attached hydrogen (secondary N) is 2. The number of carbonyl (C=O) groups is 3. The van der Waals surface area contributed by atoms with Crippen molar-refractivity contribution in [1.82, 2.24) is 5.32 Å². The van der Waals surface area contributed by atoms with Crippen LogP contribution >= 0.6 is 0 Å². The number of nitrogens with zero attached hydrogens (tertiary/aromatic N) is 2. The van der Waals surface area contributed by atoms with E-state index in [4.69, 9.17) is 9.84 Å². The number of amides is 2. The molecule has 3 N–H and O–H groups in total. The molecular formula is C30H40N4O5. The van der Waals surface area contributed by atoms with Crippen molar-refractivity contribution in [3.8, 4) is 0 Å². The maximum absolute atomic E-state index is 12.9. The Kier molecular flexibility index (Phi) is 9.81. The van der Waals surface area contributed by atoms with Gasteiger partial charge in [0.25, 0.3) is 5.91 Å². The van der Waals surface area contributed by atoms with Gasteiger partial charge in [-0.3, -0.25) is 14.4 Å². The minimum atomic E-state index is -0.772. The van der Waals surface area contributed by atoms with Gasteiger partial charge in [-0.05, 0) is 74.2 Å². The number of carboxylic acids is 1. The largest absolute Gasteiger partial charge is 0.481 e. The van der Waals surface area contributed by atoms with Crippen LogP contribution in [-0.2, 0) is 14.3 Å². The van der Waals surface area contributed by atoms with Crippen molar-refractivity contribution in [3.05, 3.63) is 53.6 Å². The third kappa shape index (κ3) is 7.50. The van der Waals surface area contributed by atoms with Gasteiger partial charge in [0, 0.05) is 61.6 Å². The molecule has 0 radical (unpaired) electrons. The normalized spacial score (nSPS) is 18.8. The molecule has 4 rings (SSSR count). The number of benzene rings is 2. The summed E-state index contributed by atoms with van der Waals surface area (Å²) >= 11 is 0. The van der Waals surface area contributed by atoms with Gasteiger partial charge in [0.15, 0.2) is 0 Å². The van der Waals surface area contributed by atoms with Gasteiger partial charge >= 0.3 is 5.97 Å². The number of carboxylic acid groups (broad SMARTS) is 1. The van der Waals surface area contributed by atoms with Crippen LogP contribution in [0.4, 0.5) is 17.1 Å². The molecule has 2 aliphatic heterocycles. The first-order valence-corrected chi connectivity index (χ1v) is 14.0. The molecule has 2 aromatic carbocycles. The minimum absolute atomic E-state index is 0.0147. The molecular weight excluding hydrogens is 496 g/mol. The van der Waals surface area contributed by atoms with Gasteiger partial charge < -0.3 is 30.3 Å². The fourth-order valence-electron chi connectivity index (χ4n) is 5.47. The van der Waals surface area contributed by atoms with E-state index in [-0.39, 0.29) is 30.3 Å². The van der Waals surface area contributed by atoms with Crippen molar-refractivity contribution in [3.63, 3.8) is 0 Å². The smallest absolute Gasteiger partial charge is 0.303 e. The third-order valence-electron chi connectivity index (χ3n) is 7.47. The summed E-state index contributed by atoms with van der Waals surface area (Å²) < 4.78 is 5.46. The van der Waals surface area contributed by atoms with Crippen molar-refractivity contribution in [2.24, 2.45) is 0 Å². The highest BCUT2D eigenvalue weighted by Gasteiger charge is 2.33. The Labute approximate surface area is 230 Å². The summed E-state index contributed by atoms with van der Waals surface area (Å²) in [6.07, 6.45) is 4.07. The van der Waals surface area contributed by atoms with Crippen LogP contribution in [0.25, 0.3) is 0 Å². The summed E-state index contributed by atoms with van der Waals surface area (Å²) in [6, 6.07) is 13.9. The summed E-state index contributed by atoms with van der Waals surface area (Å²) in [6.45, 7) is 7.43. The molecule has 9 nitrogen and oxygen atoms in total. The average Bonchev–Trinajstić information content (AvgIpc) is 2.92. The molecule has 0 aliphatic carbocycles. The topological polar surface area (TPSA) is 111 Å². The van der Waals surface area contributed by atoms with E-state index in [2.05, 4.69) is 46.7 Å². The highest BCUT2D eigenvalue weighted by atomic mass is 16.5. The summed E-state index contributed by atoms with van der Waals surface area (Å²) in [7, 11) is 0. The van der Waals surface area contributed by atoms with Crippen LogP contribution in [0.5, 0.6) is 0 Å². The third-order valence-corrected chi connectivity index (χ3v) is 7.47. The standard InChI is InChI=1S/C30H40N4O5/c1-21-19-27(32-24-9-11-25(12-10-24)33-15-17-39-18-16-33)26-20-23(8-13-28(26)34(21)22(2)35)30(38)31-14-6-4-3-5-7-29(36)37/h8-13,20-21,27,32H,3-7,14-19H2,1-2H3,(H,31,38)(H,36,37). The van der Waals surface area contributed by atoms with Crippen molar-refractivity contribution < 1.29 is 24.2 Å². The fraction of sp³-hybridized carbons (Fsp3) is 0.500. The van der Waals surface area contributed by atoms with Crippen molar-refractivity contribution in [1.29, 1.82) is 0 Å². The van der Waals surface area contributed by atoms with Crippen molar-refractivity contribution in [2.75, 3.05) is 48.0 Å². The first kappa shape index (κ1) is 28.4. The molecule has 0 bridgehead atoms. The lowest BCUT2D eigenvalue weighted by atomic mass is 9.90. The van der Waals surface area contributed by atoms with Crippen LogP contribution in [0.2, 0.25) is 0 Å². The summed E-state index contributed by atoms with van der Waals surface area (Å²) in [5, 5.41) is 15.4. The number of morpholine rings is 1.